The van der Waals surface area contributed by atoms with E-state index in [0.717, 1.165) is 10.9 Å². The Labute approximate surface area is 129 Å². The lowest BCUT2D eigenvalue weighted by atomic mass is 10.1. The number of aromatic nitrogens is 1. The van der Waals surface area contributed by atoms with Gasteiger partial charge >= 0.3 is 0 Å². The van der Waals surface area contributed by atoms with Gasteiger partial charge in [0.15, 0.2) is 0 Å². The van der Waals surface area contributed by atoms with Crippen molar-refractivity contribution in [3.05, 3.63) is 41.0 Å². The minimum Gasteiger partial charge on any atom is -0.383 e. The Morgan fingerprint density at radius 2 is 2.14 bits per heavy atom. The van der Waals surface area contributed by atoms with Crippen molar-refractivity contribution in [1.82, 2.24) is 9.88 Å². The van der Waals surface area contributed by atoms with Crippen molar-refractivity contribution in [2.45, 2.75) is 19.9 Å². The molecule has 1 atom stereocenters. The molecule has 2 aromatic rings. The van der Waals surface area contributed by atoms with Gasteiger partial charge < -0.3 is 9.64 Å². The van der Waals surface area contributed by atoms with Gasteiger partial charge in [-0.2, -0.15) is 0 Å². The molecule has 5 heteroatoms. The van der Waals surface area contributed by atoms with E-state index in [1.54, 1.807) is 18.1 Å². The highest BCUT2D eigenvalue weighted by atomic mass is 35.5. The number of likely N-dealkylation sites (N-methyl/N-ethyl adjacent to an activating group) is 1. The number of nitrogens with zero attached hydrogens (tertiary/aromatic N) is 2. The Bertz CT molecular complexity index is 645. The molecule has 4 nitrogen and oxygen atoms in total. The first-order chi connectivity index (χ1) is 10.1. The molecule has 0 aliphatic heterocycles. The molecule has 1 heterocycles. The number of pyridine rings is 1. The summed E-state index contributed by atoms with van der Waals surface area (Å²) in [5.41, 5.74) is 1.30. The van der Waals surface area contributed by atoms with Crippen molar-refractivity contribution < 1.29 is 9.53 Å². The maximum Gasteiger partial charge on any atom is 0.254 e. The summed E-state index contributed by atoms with van der Waals surface area (Å²) in [4.78, 5) is 18.9. The minimum atomic E-state index is -0.0532. The second-order valence-corrected chi connectivity index (χ2v) is 5.29. The van der Waals surface area contributed by atoms with Crippen LogP contribution in [0.15, 0.2) is 30.3 Å². The van der Waals surface area contributed by atoms with E-state index in [-0.39, 0.29) is 11.9 Å². The zero-order valence-electron chi connectivity index (χ0n) is 12.5. The third-order valence-electron chi connectivity index (χ3n) is 3.46. The van der Waals surface area contributed by atoms with Gasteiger partial charge in [0.2, 0.25) is 0 Å². The molecule has 21 heavy (non-hydrogen) atoms. The smallest absolute Gasteiger partial charge is 0.254 e. The fourth-order valence-corrected chi connectivity index (χ4v) is 2.66. The van der Waals surface area contributed by atoms with Crippen LogP contribution < -0.4 is 0 Å². The van der Waals surface area contributed by atoms with Gasteiger partial charge in [0.05, 0.1) is 23.7 Å². The van der Waals surface area contributed by atoms with Gasteiger partial charge in [0, 0.05) is 19.0 Å². The van der Waals surface area contributed by atoms with Crippen molar-refractivity contribution >= 4 is 28.4 Å². The molecule has 0 spiro atoms. The maximum absolute atomic E-state index is 12.8. The average molecular weight is 307 g/mol. The highest BCUT2D eigenvalue weighted by Crippen LogP contribution is 2.23. The van der Waals surface area contributed by atoms with Gasteiger partial charge in [0.25, 0.3) is 5.91 Å². The van der Waals surface area contributed by atoms with Crippen LogP contribution in [0.25, 0.3) is 10.9 Å². The normalized spacial score (nSPS) is 12.4. The summed E-state index contributed by atoms with van der Waals surface area (Å²) >= 11 is 6.05. The first-order valence-corrected chi connectivity index (χ1v) is 7.31. The number of carbonyl (C=O) groups excluding carboxylic acids is 1. The van der Waals surface area contributed by atoms with Crippen LogP contribution in [0.2, 0.25) is 5.15 Å². The minimum absolute atomic E-state index is 0.00166. The van der Waals surface area contributed by atoms with E-state index in [9.17, 15) is 4.79 Å². The zero-order valence-corrected chi connectivity index (χ0v) is 13.2. The fourth-order valence-electron chi connectivity index (χ4n) is 2.46. The van der Waals surface area contributed by atoms with Crippen LogP contribution in [-0.4, -0.2) is 42.1 Å². The molecule has 0 aliphatic rings. The predicted octanol–water partition coefficient (Wildman–Crippen LogP) is 3.39. The third-order valence-corrected chi connectivity index (χ3v) is 3.65. The molecule has 1 amide bonds. The summed E-state index contributed by atoms with van der Waals surface area (Å²) in [6.07, 6.45) is 0. The van der Waals surface area contributed by atoms with E-state index in [4.69, 9.17) is 16.3 Å². The van der Waals surface area contributed by atoms with Gasteiger partial charge in [-0.3, -0.25) is 4.79 Å². The topological polar surface area (TPSA) is 42.4 Å². The Kier molecular flexibility index (Phi) is 5.15. The largest absolute Gasteiger partial charge is 0.383 e. The monoisotopic (exact) mass is 306 g/mol. The number of halogens is 1. The van der Waals surface area contributed by atoms with Gasteiger partial charge in [-0.1, -0.05) is 29.8 Å². The molecular formula is C16H19ClN2O2. The summed E-state index contributed by atoms with van der Waals surface area (Å²) in [5, 5.41) is 1.14. The number of ether oxygens (including phenoxy) is 1. The Hall–Kier alpha value is -1.65. The molecular weight excluding hydrogens is 288 g/mol. The number of para-hydroxylation sites is 1. The highest BCUT2D eigenvalue weighted by molar-refractivity contribution is 6.30. The standard InChI is InChI=1S/C16H19ClN2O2/c1-4-19(11(2)10-21-3)16(20)13-9-15(17)18-14-8-6-5-7-12(13)14/h5-9,11H,4,10H2,1-3H3. The number of hydrogen-bond donors (Lipinski definition) is 0. The van der Waals surface area contributed by atoms with Crippen LogP contribution in [0.4, 0.5) is 0 Å². The first-order valence-electron chi connectivity index (χ1n) is 6.93. The first kappa shape index (κ1) is 15.7. The van der Waals surface area contributed by atoms with Gasteiger partial charge in [-0.25, -0.2) is 4.98 Å². The highest BCUT2D eigenvalue weighted by Gasteiger charge is 2.22. The lowest BCUT2D eigenvalue weighted by molar-refractivity contribution is 0.0581. The summed E-state index contributed by atoms with van der Waals surface area (Å²) in [6, 6.07) is 9.15. The van der Waals surface area contributed by atoms with Crippen molar-refractivity contribution in [2.24, 2.45) is 0 Å². The van der Waals surface area contributed by atoms with Crippen molar-refractivity contribution in [3.8, 4) is 0 Å². The number of rotatable bonds is 5. The summed E-state index contributed by atoms with van der Waals surface area (Å²) < 4.78 is 5.15. The summed E-state index contributed by atoms with van der Waals surface area (Å²) in [7, 11) is 1.63. The van der Waals surface area contributed by atoms with Crippen LogP contribution in [0, 0.1) is 0 Å². The third kappa shape index (κ3) is 3.34. The Balaban J connectivity index is 2.47. The van der Waals surface area contributed by atoms with Gasteiger partial charge in [0.1, 0.15) is 5.15 Å². The Morgan fingerprint density at radius 1 is 1.43 bits per heavy atom. The average Bonchev–Trinajstić information content (AvgIpc) is 2.47. The molecule has 0 N–H and O–H groups in total. The predicted molar refractivity (Wildman–Crippen MR) is 84.8 cm³/mol. The van der Waals surface area contributed by atoms with Crippen LogP contribution in [0.3, 0.4) is 0 Å². The van der Waals surface area contributed by atoms with Crippen molar-refractivity contribution in [2.75, 3.05) is 20.3 Å². The molecule has 0 aliphatic carbocycles. The SMILES string of the molecule is CCN(C(=O)c1cc(Cl)nc2ccccc12)C(C)COC. The molecule has 0 saturated heterocycles. The number of methoxy groups -OCH3 is 1. The number of carbonyl (C=O) groups is 1. The number of hydrogen-bond acceptors (Lipinski definition) is 3. The van der Waals surface area contributed by atoms with Gasteiger partial charge in [-0.15, -0.1) is 0 Å². The van der Waals surface area contributed by atoms with Crippen LogP contribution in [-0.2, 0) is 4.74 Å². The molecule has 112 valence electrons. The molecule has 1 aromatic carbocycles. The van der Waals surface area contributed by atoms with E-state index in [2.05, 4.69) is 4.98 Å². The number of fused-ring (bicyclic) bond motifs is 1. The van der Waals surface area contributed by atoms with Crippen LogP contribution in [0.1, 0.15) is 24.2 Å². The van der Waals surface area contributed by atoms with Gasteiger partial charge in [-0.05, 0) is 26.0 Å². The molecule has 1 aromatic heterocycles. The lowest BCUT2D eigenvalue weighted by Crippen LogP contribution is -2.41. The second kappa shape index (κ2) is 6.87. The quantitative estimate of drug-likeness (QED) is 0.795. The van der Waals surface area contributed by atoms with E-state index in [0.29, 0.717) is 23.9 Å². The van der Waals surface area contributed by atoms with Crippen molar-refractivity contribution in [3.63, 3.8) is 0 Å². The molecule has 0 saturated carbocycles. The zero-order chi connectivity index (χ0) is 15.4. The molecule has 1 unspecified atom stereocenters. The van der Waals surface area contributed by atoms with E-state index < -0.39 is 0 Å². The summed E-state index contributed by atoms with van der Waals surface area (Å²) in [6.45, 7) is 5.03. The van der Waals surface area contributed by atoms with E-state index in [1.807, 2.05) is 38.1 Å². The fraction of sp³-hybridized carbons (Fsp3) is 0.375. The molecule has 0 fully saturated rings. The van der Waals surface area contributed by atoms with Crippen molar-refractivity contribution in [1.29, 1.82) is 0 Å². The van der Waals surface area contributed by atoms with Crippen LogP contribution in [0.5, 0.6) is 0 Å². The number of amides is 1. The molecule has 2 rings (SSSR count). The second-order valence-electron chi connectivity index (χ2n) is 4.91. The number of benzene rings is 1. The molecule has 0 bridgehead atoms. The van der Waals surface area contributed by atoms with E-state index in [1.165, 1.54) is 0 Å². The van der Waals surface area contributed by atoms with Crippen LogP contribution >= 0.6 is 11.6 Å². The van der Waals surface area contributed by atoms with E-state index >= 15 is 0 Å². The maximum atomic E-state index is 12.8. The Morgan fingerprint density at radius 3 is 2.81 bits per heavy atom. The molecule has 0 radical (unpaired) electrons. The summed E-state index contributed by atoms with van der Waals surface area (Å²) in [5.74, 6) is -0.0532. The lowest BCUT2D eigenvalue weighted by Gasteiger charge is -2.28.